The molecule has 204 valence electrons. The molecule has 3 amide bonds. The summed E-state index contributed by atoms with van der Waals surface area (Å²) in [6.45, 7) is 2.91. The molecule has 0 bridgehead atoms. The lowest BCUT2D eigenvalue weighted by molar-refractivity contribution is -0.131. The number of nitrogens with one attached hydrogen (secondary N) is 2. The van der Waals surface area contributed by atoms with E-state index >= 15 is 0 Å². The van der Waals surface area contributed by atoms with Crippen molar-refractivity contribution in [2.45, 2.75) is 44.7 Å². The van der Waals surface area contributed by atoms with Crippen LogP contribution >= 0.6 is 0 Å². The summed E-state index contributed by atoms with van der Waals surface area (Å²) in [7, 11) is 1.59. The molecule has 38 heavy (non-hydrogen) atoms. The highest BCUT2D eigenvalue weighted by molar-refractivity contribution is 5.94. The van der Waals surface area contributed by atoms with Gasteiger partial charge in [0.15, 0.2) is 6.61 Å². The minimum atomic E-state index is -0.535. The number of hydrogen-bond donors (Lipinski definition) is 2. The minimum Gasteiger partial charge on any atom is -0.484 e. The van der Waals surface area contributed by atoms with Crippen LogP contribution in [0.3, 0.4) is 0 Å². The van der Waals surface area contributed by atoms with Gasteiger partial charge in [-0.05, 0) is 48.6 Å². The average Bonchev–Trinajstić information content (AvgIpc) is 2.95. The van der Waals surface area contributed by atoms with E-state index in [0.717, 1.165) is 31.2 Å². The van der Waals surface area contributed by atoms with E-state index in [4.69, 9.17) is 4.74 Å². The number of rotatable bonds is 9. The Kier molecular flexibility index (Phi) is 9.70. The van der Waals surface area contributed by atoms with Crippen molar-refractivity contribution >= 4 is 17.7 Å². The van der Waals surface area contributed by atoms with E-state index in [1.54, 1.807) is 30.1 Å². The Hall–Kier alpha value is -3.46. The van der Waals surface area contributed by atoms with Crippen molar-refractivity contribution in [2.75, 3.05) is 39.8 Å². The van der Waals surface area contributed by atoms with Crippen LogP contribution in [0.4, 0.5) is 4.39 Å². The lowest BCUT2D eigenvalue weighted by atomic mass is 9.83. The quantitative estimate of drug-likeness (QED) is 0.527. The van der Waals surface area contributed by atoms with E-state index in [2.05, 4.69) is 15.5 Å². The molecule has 1 saturated heterocycles. The van der Waals surface area contributed by atoms with E-state index in [9.17, 15) is 18.8 Å². The van der Waals surface area contributed by atoms with E-state index in [1.807, 2.05) is 18.2 Å². The highest BCUT2D eigenvalue weighted by Crippen LogP contribution is 2.26. The number of piperazine rings is 1. The predicted octanol–water partition coefficient (Wildman–Crippen LogP) is 2.97. The van der Waals surface area contributed by atoms with Crippen molar-refractivity contribution in [1.29, 1.82) is 0 Å². The predicted molar refractivity (Wildman–Crippen MR) is 142 cm³/mol. The van der Waals surface area contributed by atoms with Crippen LogP contribution in [0.25, 0.3) is 0 Å². The molecule has 0 radical (unpaired) electrons. The van der Waals surface area contributed by atoms with Gasteiger partial charge in [0.2, 0.25) is 5.91 Å². The molecule has 2 aromatic rings. The summed E-state index contributed by atoms with van der Waals surface area (Å²) < 4.78 is 19.8. The maximum Gasteiger partial charge on any atom is 0.258 e. The second kappa shape index (κ2) is 13.4. The van der Waals surface area contributed by atoms with Crippen LogP contribution in [0.1, 0.15) is 48.0 Å². The number of carbonyl (C=O) groups is 3. The monoisotopic (exact) mass is 524 g/mol. The van der Waals surface area contributed by atoms with Gasteiger partial charge in [-0.15, -0.1) is 0 Å². The van der Waals surface area contributed by atoms with Crippen molar-refractivity contribution in [3.05, 3.63) is 65.5 Å². The summed E-state index contributed by atoms with van der Waals surface area (Å²) in [6.07, 6.45) is 5.20. The molecule has 4 rings (SSSR count). The molecule has 1 atom stereocenters. The third-order valence-electron chi connectivity index (χ3n) is 7.40. The number of nitrogens with zero attached hydrogens (tertiary/aromatic N) is 2. The topological polar surface area (TPSA) is 91.0 Å². The van der Waals surface area contributed by atoms with Gasteiger partial charge in [0, 0.05) is 39.8 Å². The zero-order valence-electron chi connectivity index (χ0n) is 22.0. The zero-order valence-corrected chi connectivity index (χ0v) is 22.0. The lowest BCUT2D eigenvalue weighted by Crippen LogP contribution is -2.51. The van der Waals surface area contributed by atoms with Gasteiger partial charge in [0.1, 0.15) is 17.6 Å². The number of amides is 3. The zero-order chi connectivity index (χ0) is 26.9. The van der Waals surface area contributed by atoms with Gasteiger partial charge in [0.05, 0.1) is 5.56 Å². The van der Waals surface area contributed by atoms with Crippen molar-refractivity contribution in [3.63, 3.8) is 0 Å². The largest absolute Gasteiger partial charge is 0.484 e. The first-order valence-corrected chi connectivity index (χ1v) is 13.4. The first-order chi connectivity index (χ1) is 18.4. The summed E-state index contributed by atoms with van der Waals surface area (Å²) in [4.78, 5) is 41.6. The fourth-order valence-electron chi connectivity index (χ4n) is 5.29. The van der Waals surface area contributed by atoms with Gasteiger partial charge in [-0.1, -0.05) is 43.5 Å². The van der Waals surface area contributed by atoms with Crippen LogP contribution < -0.4 is 15.4 Å². The fourth-order valence-corrected chi connectivity index (χ4v) is 5.29. The maximum atomic E-state index is 14.0. The second-order valence-electron chi connectivity index (χ2n) is 10.0. The van der Waals surface area contributed by atoms with Crippen molar-refractivity contribution in [1.82, 2.24) is 20.4 Å². The van der Waals surface area contributed by atoms with E-state index in [0.29, 0.717) is 38.5 Å². The van der Waals surface area contributed by atoms with Crippen LogP contribution in [0.15, 0.2) is 48.5 Å². The Balaban J connectivity index is 1.25. The Labute approximate surface area is 223 Å². The normalized spacial score (nSPS) is 17.5. The van der Waals surface area contributed by atoms with Crippen molar-refractivity contribution < 1.29 is 23.5 Å². The third-order valence-corrected chi connectivity index (χ3v) is 7.40. The molecule has 1 aliphatic heterocycles. The second-order valence-corrected chi connectivity index (χ2v) is 10.0. The van der Waals surface area contributed by atoms with Gasteiger partial charge in [-0.2, -0.15) is 0 Å². The van der Waals surface area contributed by atoms with Crippen LogP contribution in [-0.2, 0) is 16.1 Å². The van der Waals surface area contributed by atoms with Gasteiger partial charge in [0.25, 0.3) is 11.8 Å². The molecule has 0 unspecified atom stereocenters. The molecule has 1 heterocycles. The minimum absolute atomic E-state index is 0.107. The van der Waals surface area contributed by atoms with E-state index in [-0.39, 0.29) is 35.8 Å². The molecule has 0 spiro atoms. The number of halogens is 1. The fraction of sp³-hybridized carbons (Fsp3) is 0.483. The molecule has 2 aromatic carbocycles. The number of carbonyl (C=O) groups excluding carboxylic acids is 3. The summed E-state index contributed by atoms with van der Waals surface area (Å²) in [5.74, 6) is -0.520. The van der Waals surface area contributed by atoms with Crippen LogP contribution in [0.2, 0.25) is 0 Å². The molecule has 2 N–H and O–H groups in total. The van der Waals surface area contributed by atoms with E-state index < -0.39 is 11.9 Å². The Morgan fingerprint density at radius 1 is 1.00 bits per heavy atom. The molecular formula is C29H37FN4O4. The molecule has 0 aromatic heterocycles. The standard InChI is InChI=1S/C29H37FN4O4/c1-31-28(36)27(22-9-3-2-4-10-22)32-26(35)20-38-23-11-7-8-21(18-23)19-33-14-16-34(17-15-33)29(37)24-12-5-6-13-25(24)30/h5-8,11-13,18,22,27H,2-4,9-10,14-17,19-20H2,1H3,(H,31,36)(H,32,35)/t27-/m1/s1. The Bertz CT molecular complexity index is 1110. The number of likely N-dealkylation sites (N-methyl/N-ethyl adjacent to an activating group) is 1. The Morgan fingerprint density at radius 2 is 1.74 bits per heavy atom. The lowest BCUT2D eigenvalue weighted by Gasteiger charge is -2.34. The SMILES string of the molecule is CNC(=O)[C@H](NC(=O)COc1cccc(CN2CCN(C(=O)c3ccccc3F)CC2)c1)C1CCCCC1. The van der Waals surface area contributed by atoms with Gasteiger partial charge in [-0.25, -0.2) is 4.39 Å². The molecule has 9 heteroatoms. The summed E-state index contributed by atoms with van der Waals surface area (Å²) in [6, 6.07) is 13.1. The summed E-state index contributed by atoms with van der Waals surface area (Å²) in [5.41, 5.74) is 1.14. The van der Waals surface area contributed by atoms with Crippen LogP contribution in [0, 0.1) is 11.7 Å². The first kappa shape index (κ1) is 27.6. The molecule has 2 aliphatic rings. The molecular weight excluding hydrogens is 487 g/mol. The third kappa shape index (κ3) is 7.31. The van der Waals surface area contributed by atoms with Crippen molar-refractivity contribution in [2.24, 2.45) is 5.92 Å². The van der Waals surface area contributed by atoms with E-state index in [1.165, 1.54) is 18.6 Å². The average molecular weight is 525 g/mol. The Morgan fingerprint density at radius 3 is 2.45 bits per heavy atom. The van der Waals surface area contributed by atoms with Crippen LogP contribution in [-0.4, -0.2) is 73.4 Å². The van der Waals surface area contributed by atoms with Crippen molar-refractivity contribution in [3.8, 4) is 5.75 Å². The molecule has 2 fully saturated rings. The molecule has 1 aliphatic carbocycles. The first-order valence-electron chi connectivity index (χ1n) is 13.4. The molecule has 8 nitrogen and oxygen atoms in total. The van der Waals surface area contributed by atoms with Gasteiger partial charge in [-0.3, -0.25) is 19.3 Å². The summed E-state index contributed by atoms with van der Waals surface area (Å²) >= 11 is 0. The maximum absolute atomic E-state index is 14.0. The number of benzene rings is 2. The summed E-state index contributed by atoms with van der Waals surface area (Å²) in [5, 5.41) is 5.55. The number of ether oxygens (including phenoxy) is 1. The highest BCUT2D eigenvalue weighted by atomic mass is 19.1. The van der Waals surface area contributed by atoms with Gasteiger partial charge >= 0.3 is 0 Å². The smallest absolute Gasteiger partial charge is 0.258 e. The molecule has 1 saturated carbocycles. The van der Waals surface area contributed by atoms with Crippen LogP contribution in [0.5, 0.6) is 5.75 Å². The number of hydrogen-bond acceptors (Lipinski definition) is 5. The highest BCUT2D eigenvalue weighted by Gasteiger charge is 2.30. The van der Waals surface area contributed by atoms with Gasteiger partial charge < -0.3 is 20.3 Å².